The molecule has 4 nitrogen and oxygen atoms in total. The van der Waals surface area contributed by atoms with E-state index in [2.05, 4.69) is 38.5 Å². The van der Waals surface area contributed by atoms with Crippen LogP contribution in [-0.4, -0.2) is 21.5 Å². The highest BCUT2D eigenvalue weighted by Crippen LogP contribution is 2.11. The Hall–Kier alpha value is -2.20. The highest BCUT2D eigenvalue weighted by molar-refractivity contribution is 5.74. The molecule has 4 heteroatoms. The van der Waals surface area contributed by atoms with Crippen LogP contribution in [0.2, 0.25) is 0 Å². The van der Waals surface area contributed by atoms with E-state index >= 15 is 0 Å². The minimum Gasteiger partial charge on any atom is -0.345 e. The molecule has 0 unspecified atom stereocenters. The number of benzene rings is 1. The van der Waals surface area contributed by atoms with Gasteiger partial charge in [0.15, 0.2) is 0 Å². The molecular formula is C15H16N4. The smallest absolute Gasteiger partial charge is 0.0931 e. The highest BCUT2D eigenvalue weighted by atomic mass is 14.9. The van der Waals surface area contributed by atoms with E-state index in [1.807, 2.05) is 18.3 Å². The van der Waals surface area contributed by atoms with Gasteiger partial charge in [0.1, 0.15) is 0 Å². The van der Waals surface area contributed by atoms with Crippen LogP contribution in [0.15, 0.2) is 49.1 Å². The first-order chi connectivity index (χ1) is 9.42. The number of nitrogens with zero attached hydrogens (tertiary/aromatic N) is 2. The summed E-state index contributed by atoms with van der Waals surface area (Å²) in [5.41, 5.74) is 4.63. The molecule has 19 heavy (non-hydrogen) atoms. The third-order valence-electron chi connectivity index (χ3n) is 3.13. The van der Waals surface area contributed by atoms with Gasteiger partial charge in [-0.2, -0.15) is 0 Å². The third-order valence-corrected chi connectivity index (χ3v) is 3.13. The van der Waals surface area contributed by atoms with Crippen molar-refractivity contribution in [1.82, 2.24) is 20.3 Å². The Morgan fingerprint density at radius 1 is 1.16 bits per heavy atom. The van der Waals surface area contributed by atoms with E-state index in [0.717, 1.165) is 30.5 Å². The Kier molecular flexibility index (Phi) is 3.51. The third kappa shape index (κ3) is 2.98. The Balaban J connectivity index is 1.52. The molecule has 0 aliphatic rings. The molecular weight excluding hydrogens is 236 g/mol. The van der Waals surface area contributed by atoms with Crippen LogP contribution in [0.4, 0.5) is 0 Å². The van der Waals surface area contributed by atoms with E-state index in [0.29, 0.717) is 0 Å². The zero-order valence-corrected chi connectivity index (χ0v) is 10.6. The van der Waals surface area contributed by atoms with Crippen LogP contribution in [0.25, 0.3) is 11.0 Å². The van der Waals surface area contributed by atoms with Crippen LogP contribution in [0.3, 0.4) is 0 Å². The van der Waals surface area contributed by atoms with Gasteiger partial charge in [-0.1, -0.05) is 12.1 Å². The first-order valence-electron chi connectivity index (χ1n) is 6.43. The normalized spacial score (nSPS) is 10.9. The molecule has 0 saturated carbocycles. The second kappa shape index (κ2) is 5.63. The molecule has 0 radical (unpaired) electrons. The lowest BCUT2D eigenvalue weighted by molar-refractivity contribution is 0.686. The fourth-order valence-corrected chi connectivity index (χ4v) is 2.10. The maximum Gasteiger partial charge on any atom is 0.0931 e. The predicted octanol–water partition coefficient (Wildman–Crippen LogP) is 2.29. The first-order valence-corrected chi connectivity index (χ1v) is 6.43. The number of hydrogen-bond acceptors (Lipinski definition) is 3. The lowest BCUT2D eigenvalue weighted by Gasteiger charge is -2.05. The van der Waals surface area contributed by atoms with Gasteiger partial charge in [-0.25, -0.2) is 4.98 Å². The van der Waals surface area contributed by atoms with Gasteiger partial charge in [-0.3, -0.25) is 4.98 Å². The summed E-state index contributed by atoms with van der Waals surface area (Å²) in [4.78, 5) is 11.5. The van der Waals surface area contributed by atoms with Gasteiger partial charge in [-0.15, -0.1) is 0 Å². The Morgan fingerprint density at radius 2 is 2.16 bits per heavy atom. The van der Waals surface area contributed by atoms with Gasteiger partial charge in [0.05, 0.1) is 17.4 Å². The molecule has 0 bridgehead atoms. The van der Waals surface area contributed by atoms with Crippen LogP contribution < -0.4 is 5.32 Å². The number of nitrogens with one attached hydrogen (secondary N) is 2. The Bertz CT molecular complexity index is 645. The van der Waals surface area contributed by atoms with Crippen LogP contribution in [0.5, 0.6) is 0 Å². The van der Waals surface area contributed by atoms with Gasteiger partial charge >= 0.3 is 0 Å². The summed E-state index contributed by atoms with van der Waals surface area (Å²) in [7, 11) is 0. The van der Waals surface area contributed by atoms with Crippen LogP contribution >= 0.6 is 0 Å². The number of H-pyrrole nitrogens is 1. The molecule has 2 aromatic heterocycles. The van der Waals surface area contributed by atoms with Crippen molar-refractivity contribution in [3.63, 3.8) is 0 Å². The van der Waals surface area contributed by atoms with Crippen molar-refractivity contribution < 1.29 is 0 Å². The molecule has 0 fully saturated rings. The van der Waals surface area contributed by atoms with Crippen molar-refractivity contribution in [1.29, 1.82) is 0 Å². The molecule has 96 valence electrons. The maximum atomic E-state index is 4.21. The number of rotatable bonds is 5. The van der Waals surface area contributed by atoms with E-state index in [1.165, 1.54) is 11.1 Å². The average Bonchev–Trinajstić information content (AvgIpc) is 2.92. The van der Waals surface area contributed by atoms with Crippen LogP contribution in [0, 0.1) is 0 Å². The Labute approximate surface area is 111 Å². The van der Waals surface area contributed by atoms with Gasteiger partial charge in [0, 0.05) is 18.9 Å². The molecule has 0 aliphatic carbocycles. The van der Waals surface area contributed by atoms with E-state index in [9.17, 15) is 0 Å². The summed E-state index contributed by atoms with van der Waals surface area (Å²) in [6, 6.07) is 10.4. The molecule has 2 heterocycles. The molecule has 2 N–H and O–H groups in total. The molecule has 0 spiro atoms. The fraction of sp³-hybridized carbons (Fsp3) is 0.200. The van der Waals surface area contributed by atoms with Gasteiger partial charge in [0.25, 0.3) is 0 Å². The number of fused-ring (bicyclic) bond motifs is 1. The predicted molar refractivity (Wildman–Crippen MR) is 75.7 cm³/mol. The van der Waals surface area contributed by atoms with E-state index in [4.69, 9.17) is 0 Å². The van der Waals surface area contributed by atoms with Gasteiger partial charge in [-0.05, 0) is 42.3 Å². The molecule has 0 atom stereocenters. The molecule has 0 saturated heterocycles. The lowest BCUT2D eigenvalue weighted by Crippen LogP contribution is -2.16. The molecule has 3 rings (SSSR count). The quantitative estimate of drug-likeness (QED) is 0.685. The monoisotopic (exact) mass is 252 g/mol. The SMILES string of the molecule is c1cncc(CCNCc2ccc3nc[nH]c3c2)c1. The van der Waals surface area contributed by atoms with Crippen molar-refractivity contribution in [3.8, 4) is 0 Å². The van der Waals surface area contributed by atoms with E-state index < -0.39 is 0 Å². The molecule has 1 aromatic carbocycles. The van der Waals surface area contributed by atoms with Crippen molar-refractivity contribution >= 4 is 11.0 Å². The Morgan fingerprint density at radius 3 is 3.05 bits per heavy atom. The number of pyridine rings is 1. The average molecular weight is 252 g/mol. The maximum absolute atomic E-state index is 4.21. The fourth-order valence-electron chi connectivity index (χ4n) is 2.10. The number of aromatic amines is 1. The highest BCUT2D eigenvalue weighted by Gasteiger charge is 1.98. The zero-order valence-electron chi connectivity index (χ0n) is 10.6. The number of aromatic nitrogens is 3. The summed E-state index contributed by atoms with van der Waals surface area (Å²) in [6.07, 6.45) is 6.44. The van der Waals surface area contributed by atoms with Crippen molar-refractivity contribution in [2.24, 2.45) is 0 Å². The number of hydrogen-bond donors (Lipinski definition) is 2. The van der Waals surface area contributed by atoms with Crippen LogP contribution in [0.1, 0.15) is 11.1 Å². The van der Waals surface area contributed by atoms with E-state index in [1.54, 1.807) is 12.5 Å². The topological polar surface area (TPSA) is 53.6 Å². The lowest BCUT2D eigenvalue weighted by atomic mass is 10.2. The van der Waals surface area contributed by atoms with E-state index in [-0.39, 0.29) is 0 Å². The standard InChI is InChI=1S/C15H16N4/c1-2-12(9-16-6-1)5-7-17-10-13-3-4-14-15(8-13)19-11-18-14/h1-4,6,8-9,11,17H,5,7,10H2,(H,18,19). The van der Waals surface area contributed by atoms with Crippen molar-refractivity contribution in [2.45, 2.75) is 13.0 Å². The van der Waals surface area contributed by atoms with Crippen molar-refractivity contribution in [2.75, 3.05) is 6.54 Å². The zero-order chi connectivity index (χ0) is 12.9. The first kappa shape index (κ1) is 11.9. The minimum atomic E-state index is 0.870. The summed E-state index contributed by atoms with van der Waals surface area (Å²) >= 11 is 0. The number of imidazole rings is 1. The van der Waals surface area contributed by atoms with Crippen LogP contribution in [-0.2, 0) is 13.0 Å². The summed E-state index contributed by atoms with van der Waals surface area (Å²) < 4.78 is 0. The second-order valence-electron chi connectivity index (χ2n) is 4.54. The molecule has 3 aromatic rings. The van der Waals surface area contributed by atoms with Crippen molar-refractivity contribution in [3.05, 3.63) is 60.2 Å². The van der Waals surface area contributed by atoms with Gasteiger partial charge < -0.3 is 10.3 Å². The minimum absolute atomic E-state index is 0.870. The molecule has 0 amide bonds. The second-order valence-corrected chi connectivity index (χ2v) is 4.54. The summed E-state index contributed by atoms with van der Waals surface area (Å²) in [5, 5.41) is 3.44. The molecule has 0 aliphatic heterocycles. The summed E-state index contributed by atoms with van der Waals surface area (Å²) in [5.74, 6) is 0. The largest absolute Gasteiger partial charge is 0.345 e. The van der Waals surface area contributed by atoms with Gasteiger partial charge in [0.2, 0.25) is 0 Å². The summed E-state index contributed by atoms with van der Waals surface area (Å²) in [6.45, 7) is 1.82.